The summed E-state index contributed by atoms with van der Waals surface area (Å²) in [7, 11) is 0. The first kappa shape index (κ1) is 15.9. The Morgan fingerprint density at radius 2 is 2.15 bits per heavy atom. The maximum Gasteiger partial charge on any atom is 0.223 e. The third-order valence-corrected chi connectivity index (χ3v) is 4.25. The van der Waals surface area contributed by atoms with Crippen LogP contribution in [0.4, 0.5) is 0 Å². The molecule has 0 bridgehead atoms. The zero-order valence-electron chi connectivity index (χ0n) is 13.9. The van der Waals surface area contributed by atoms with E-state index in [-0.39, 0.29) is 5.75 Å². The van der Waals surface area contributed by atoms with Crippen LogP contribution < -0.4 is 5.43 Å². The summed E-state index contributed by atoms with van der Waals surface area (Å²) in [6, 6.07) is 16.6. The first-order valence-corrected chi connectivity index (χ1v) is 8.04. The second kappa shape index (κ2) is 6.06. The molecule has 0 aliphatic heterocycles. The van der Waals surface area contributed by atoms with Crippen molar-refractivity contribution >= 4 is 10.9 Å². The number of aromatic amines is 1. The van der Waals surface area contributed by atoms with Gasteiger partial charge in [0.05, 0.1) is 29.7 Å². The van der Waals surface area contributed by atoms with Crippen LogP contribution in [0.1, 0.15) is 18.7 Å². The minimum absolute atomic E-state index is 0.378. The van der Waals surface area contributed by atoms with E-state index in [1.807, 2.05) is 24.3 Å². The van der Waals surface area contributed by atoms with Crippen LogP contribution >= 0.6 is 0 Å². The Morgan fingerprint density at radius 3 is 2.96 bits per heavy atom. The fraction of sp³-hybridized carbons (Fsp3) is 0.100. The molecule has 0 saturated heterocycles. The van der Waals surface area contributed by atoms with Crippen molar-refractivity contribution in [3.63, 3.8) is 0 Å². The second-order valence-electron chi connectivity index (χ2n) is 6.03. The predicted molar refractivity (Wildman–Crippen MR) is 97.1 cm³/mol. The molecule has 4 rings (SSSR count). The van der Waals surface area contributed by atoms with Gasteiger partial charge in [0.1, 0.15) is 0 Å². The lowest BCUT2D eigenvalue weighted by atomic mass is 10.0. The highest BCUT2D eigenvalue weighted by Crippen LogP contribution is 2.28. The number of benzene rings is 1. The normalized spacial score (nSPS) is 12.1. The Bertz CT molecular complexity index is 1160. The molecule has 26 heavy (non-hydrogen) atoms. The van der Waals surface area contributed by atoms with E-state index < -0.39 is 11.5 Å². The smallest absolute Gasteiger partial charge is 0.223 e. The minimum Gasteiger partial charge on any atom is -0.503 e. The lowest BCUT2D eigenvalue weighted by Gasteiger charge is -2.16. The highest BCUT2D eigenvalue weighted by atomic mass is 16.3. The van der Waals surface area contributed by atoms with E-state index >= 15 is 0 Å². The Morgan fingerprint density at radius 1 is 1.31 bits per heavy atom. The predicted octanol–water partition coefficient (Wildman–Crippen LogP) is 2.74. The monoisotopic (exact) mass is 345 g/mol. The molecule has 1 atom stereocenters. The fourth-order valence-corrected chi connectivity index (χ4v) is 2.98. The van der Waals surface area contributed by atoms with Gasteiger partial charge in [-0.1, -0.05) is 24.3 Å². The van der Waals surface area contributed by atoms with E-state index in [0.29, 0.717) is 11.4 Å². The second-order valence-corrected chi connectivity index (χ2v) is 6.03. The van der Waals surface area contributed by atoms with E-state index in [0.717, 1.165) is 22.0 Å². The third kappa shape index (κ3) is 2.61. The van der Waals surface area contributed by atoms with Crippen molar-refractivity contribution in [3.05, 3.63) is 76.8 Å². The largest absolute Gasteiger partial charge is 0.503 e. The first-order valence-electron chi connectivity index (χ1n) is 8.04. The number of hydrogen-bond acceptors (Lipinski definition) is 4. The zero-order chi connectivity index (χ0) is 18.3. The molecular weight excluding hydrogens is 330 g/mol. The van der Waals surface area contributed by atoms with Crippen LogP contribution in [0, 0.1) is 12.1 Å². The maximum absolute atomic E-state index is 11.7. The summed E-state index contributed by atoms with van der Waals surface area (Å²) in [4.78, 5) is 11.7. The van der Waals surface area contributed by atoms with Gasteiger partial charge in [0.15, 0.2) is 5.75 Å². The van der Waals surface area contributed by atoms with Crippen molar-refractivity contribution in [2.24, 2.45) is 0 Å². The number of nitrogens with one attached hydrogen (secondary N) is 1. The van der Waals surface area contributed by atoms with Crippen molar-refractivity contribution in [2.45, 2.75) is 13.0 Å². The molecule has 128 valence electrons. The molecule has 1 unspecified atom stereocenters. The average molecular weight is 345 g/mol. The molecule has 0 aliphatic rings. The van der Waals surface area contributed by atoms with Gasteiger partial charge in [-0.05, 0) is 24.6 Å². The van der Waals surface area contributed by atoms with Crippen molar-refractivity contribution in [1.82, 2.24) is 14.8 Å². The Labute approximate surface area is 149 Å². The zero-order valence-corrected chi connectivity index (χ0v) is 13.9. The van der Waals surface area contributed by atoms with Crippen molar-refractivity contribution in [3.8, 4) is 22.6 Å². The summed E-state index contributed by atoms with van der Waals surface area (Å²) in [6.07, 6.45) is 2.18. The average Bonchev–Trinajstić information content (AvgIpc) is 3.12. The SMILES string of the molecule is CC(O)c1cc(=O)c(O)cn1-c1cccc(-c2c#ccc3[nH]ncc23)c1. The number of aliphatic hydroxyl groups excluding tert-OH is 1. The highest BCUT2D eigenvalue weighted by molar-refractivity contribution is 5.93. The Kier molecular flexibility index (Phi) is 3.72. The maximum atomic E-state index is 11.7. The summed E-state index contributed by atoms with van der Waals surface area (Å²) in [5.74, 6) is -0.378. The first-order chi connectivity index (χ1) is 12.5. The van der Waals surface area contributed by atoms with Crippen LogP contribution in [0.15, 0.2) is 53.6 Å². The van der Waals surface area contributed by atoms with Crippen LogP contribution in [-0.2, 0) is 0 Å². The molecule has 2 aromatic carbocycles. The molecule has 0 radical (unpaired) electrons. The summed E-state index contributed by atoms with van der Waals surface area (Å²) < 4.78 is 1.60. The van der Waals surface area contributed by atoms with Crippen LogP contribution in [0.25, 0.3) is 27.7 Å². The number of nitrogens with zero attached hydrogens (tertiary/aromatic N) is 2. The number of H-pyrrole nitrogens is 1. The van der Waals surface area contributed by atoms with Gasteiger partial charge >= 0.3 is 0 Å². The number of fused-ring (bicyclic) bond motifs is 1. The molecule has 0 saturated carbocycles. The number of aliphatic hydroxyl groups is 1. The van der Waals surface area contributed by atoms with Gasteiger partial charge in [-0.2, -0.15) is 5.10 Å². The van der Waals surface area contributed by atoms with Crippen LogP contribution in [0.5, 0.6) is 5.75 Å². The lowest BCUT2D eigenvalue weighted by molar-refractivity contribution is 0.191. The van der Waals surface area contributed by atoms with Crippen molar-refractivity contribution in [2.75, 3.05) is 0 Å². The van der Waals surface area contributed by atoms with Crippen molar-refractivity contribution < 1.29 is 10.2 Å². The summed E-state index contributed by atoms with van der Waals surface area (Å²) in [6.45, 7) is 1.57. The van der Waals surface area contributed by atoms with Gasteiger partial charge in [-0.25, -0.2) is 0 Å². The van der Waals surface area contributed by atoms with Crippen molar-refractivity contribution in [1.29, 1.82) is 0 Å². The molecular formula is C20H15N3O3. The summed E-state index contributed by atoms with van der Waals surface area (Å²) >= 11 is 0. The van der Waals surface area contributed by atoms with E-state index in [4.69, 9.17) is 0 Å². The van der Waals surface area contributed by atoms with E-state index in [1.54, 1.807) is 23.8 Å². The molecule has 4 aromatic rings. The van der Waals surface area contributed by atoms with Crippen LogP contribution in [0.3, 0.4) is 0 Å². The number of hydrogen-bond donors (Lipinski definition) is 3. The van der Waals surface area contributed by atoms with Gasteiger partial charge in [0.2, 0.25) is 5.43 Å². The third-order valence-electron chi connectivity index (χ3n) is 4.25. The number of rotatable bonds is 3. The van der Waals surface area contributed by atoms with Gasteiger partial charge in [0.25, 0.3) is 0 Å². The molecule has 0 spiro atoms. The molecule has 3 N–H and O–H groups in total. The van der Waals surface area contributed by atoms with Gasteiger partial charge < -0.3 is 14.8 Å². The molecule has 0 fully saturated rings. The Balaban J connectivity index is 1.91. The molecule has 6 nitrogen and oxygen atoms in total. The fourth-order valence-electron chi connectivity index (χ4n) is 2.98. The molecule has 0 aliphatic carbocycles. The number of aromatic hydroxyl groups is 1. The van der Waals surface area contributed by atoms with Crippen LogP contribution in [0.2, 0.25) is 0 Å². The van der Waals surface area contributed by atoms with Gasteiger partial charge in [-0.15, -0.1) is 0 Å². The quantitative estimate of drug-likeness (QED) is 0.532. The lowest BCUT2D eigenvalue weighted by Crippen LogP contribution is -2.13. The minimum atomic E-state index is -0.871. The highest BCUT2D eigenvalue weighted by Gasteiger charge is 2.13. The van der Waals surface area contributed by atoms with Crippen LogP contribution in [-0.4, -0.2) is 25.0 Å². The van der Waals surface area contributed by atoms with E-state index in [1.165, 1.54) is 12.3 Å². The summed E-state index contributed by atoms with van der Waals surface area (Å²) in [5.41, 5.74) is 3.13. The topological polar surface area (TPSA) is 91.1 Å². The van der Waals surface area contributed by atoms with Gasteiger partial charge in [0, 0.05) is 28.8 Å². The number of aromatic nitrogens is 3. The molecule has 2 aromatic heterocycles. The number of pyridine rings is 1. The molecule has 0 amide bonds. The van der Waals surface area contributed by atoms with Gasteiger partial charge in [-0.3, -0.25) is 9.89 Å². The van der Waals surface area contributed by atoms with E-state index in [2.05, 4.69) is 22.3 Å². The molecule has 6 heteroatoms. The molecule has 2 heterocycles. The standard InChI is InChI=1S/C20H15N3O3/c1-12(24)18-9-19(25)20(26)11-23(18)14-5-2-4-13(8-14)15-6-3-7-17-16(15)10-21-22-17/h2,4-5,7-12,24,26H,1H3,(H,21,22). The Hall–Kier alpha value is -3.56. The van der Waals surface area contributed by atoms with E-state index in [9.17, 15) is 15.0 Å². The summed E-state index contributed by atoms with van der Waals surface area (Å²) in [5, 5.41) is 27.7.